The van der Waals surface area contributed by atoms with Crippen molar-refractivity contribution in [3.8, 4) is 11.1 Å². The molecule has 0 spiro atoms. The van der Waals surface area contributed by atoms with Gasteiger partial charge in [-0.2, -0.15) is 0 Å². The Morgan fingerprint density at radius 2 is 1.62 bits per heavy atom. The van der Waals surface area contributed by atoms with E-state index in [1.54, 1.807) is 11.8 Å². The zero-order chi connectivity index (χ0) is 39.1. The van der Waals surface area contributed by atoms with Crippen LogP contribution in [-0.2, 0) is 16.6 Å². The molecular formula is C43H45ClFN7O2S2. The number of hydrogen-bond acceptors (Lipinski definition) is 9. The lowest BCUT2D eigenvalue weighted by molar-refractivity contribution is 0.250. The molecule has 1 aromatic heterocycles. The number of fused-ring (bicyclic) bond motifs is 1. The lowest BCUT2D eigenvalue weighted by Crippen LogP contribution is -2.46. The topological polar surface area (TPSA) is 93.7 Å². The number of nitrogens with one attached hydrogen (secondary N) is 2. The number of nitrogens with zero attached hydrogens (tertiary/aromatic N) is 5. The number of benzene rings is 5. The Morgan fingerprint density at radius 3 is 2.38 bits per heavy atom. The van der Waals surface area contributed by atoms with Crippen molar-refractivity contribution in [3.05, 3.63) is 138 Å². The zero-order valence-electron chi connectivity index (χ0n) is 31.4. The smallest absolute Gasteiger partial charge is 0.263 e. The van der Waals surface area contributed by atoms with Crippen molar-refractivity contribution >= 4 is 61.5 Å². The number of anilines is 3. The second kappa shape index (κ2) is 18.0. The van der Waals surface area contributed by atoms with Crippen LogP contribution in [0.2, 0.25) is 5.02 Å². The van der Waals surface area contributed by atoms with Crippen LogP contribution in [0.3, 0.4) is 0 Å². The molecule has 5 aromatic carbocycles. The molecular weight excluding hydrogens is 765 g/mol. The molecule has 13 heteroatoms. The summed E-state index contributed by atoms with van der Waals surface area (Å²) >= 11 is 7.83. The highest BCUT2D eigenvalue weighted by atomic mass is 35.5. The van der Waals surface area contributed by atoms with Gasteiger partial charge in [0, 0.05) is 65.5 Å². The molecule has 56 heavy (non-hydrogen) atoms. The third-order valence-electron chi connectivity index (χ3n) is 9.88. The Morgan fingerprint density at radius 1 is 0.875 bits per heavy atom. The molecule has 1 unspecified atom stereocenters. The van der Waals surface area contributed by atoms with E-state index in [0.29, 0.717) is 10.9 Å². The summed E-state index contributed by atoms with van der Waals surface area (Å²) < 4.78 is 45.3. The predicted octanol–water partition coefficient (Wildman–Crippen LogP) is 8.74. The maximum atomic E-state index is 15.5. The van der Waals surface area contributed by atoms with Gasteiger partial charge < -0.3 is 15.1 Å². The number of thioether (sulfide) groups is 1. The molecule has 0 aliphatic carbocycles. The van der Waals surface area contributed by atoms with Gasteiger partial charge in [0.25, 0.3) is 10.0 Å². The largest absolute Gasteiger partial charge is 0.379 e. The fourth-order valence-corrected chi connectivity index (χ4v) is 8.97. The molecule has 0 saturated carbocycles. The average molecular weight is 810 g/mol. The summed E-state index contributed by atoms with van der Waals surface area (Å²) in [5, 5.41) is 4.59. The van der Waals surface area contributed by atoms with Crippen LogP contribution in [0, 0.1) is 5.82 Å². The molecule has 1 aliphatic rings. The van der Waals surface area contributed by atoms with Crippen molar-refractivity contribution in [2.45, 2.75) is 28.8 Å². The van der Waals surface area contributed by atoms with Crippen LogP contribution in [0.15, 0.2) is 131 Å². The summed E-state index contributed by atoms with van der Waals surface area (Å²) in [5.41, 5.74) is 5.49. The maximum absolute atomic E-state index is 15.5. The van der Waals surface area contributed by atoms with E-state index in [4.69, 9.17) is 11.6 Å². The summed E-state index contributed by atoms with van der Waals surface area (Å²) in [6.45, 7) is 5.09. The Balaban J connectivity index is 0.992. The van der Waals surface area contributed by atoms with Gasteiger partial charge in [0.05, 0.1) is 16.1 Å². The number of hydrogen-bond donors (Lipinski definition) is 2. The molecule has 6 aromatic rings. The Hall–Kier alpha value is -4.72. The van der Waals surface area contributed by atoms with E-state index in [-0.39, 0.29) is 22.4 Å². The van der Waals surface area contributed by atoms with Gasteiger partial charge in [-0.05, 0) is 104 Å². The molecule has 7 rings (SSSR count). The highest BCUT2D eigenvalue weighted by molar-refractivity contribution is 7.99. The Bertz CT molecular complexity index is 2360. The fraction of sp³-hybridized carbons (Fsp3) is 0.256. The van der Waals surface area contributed by atoms with Crippen LogP contribution in [0.5, 0.6) is 0 Å². The summed E-state index contributed by atoms with van der Waals surface area (Å²) in [5.74, 6) is 0.212. The van der Waals surface area contributed by atoms with Gasteiger partial charge in [-0.15, -0.1) is 11.8 Å². The van der Waals surface area contributed by atoms with E-state index >= 15 is 4.39 Å². The first kappa shape index (κ1) is 39.5. The number of piperazine rings is 1. The second-order valence-electron chi connectivity index (χ2n) is 14.2. The summed E-state index contributed by atoms with van der Waals surface area (Å²) in [4.78, 5) is 16.5. The monoisotopic (exact) mass is 809 g/mol. The molecule has 0 amide bonds. The maximum Gasteiger partial charge on any atom is 0.263 e. The molecule has 2 heterocycles. The van der Waals surface area contributed by atoms with Crippen molar-refractivity contribution in [3.63, 3.8) is 0 Å². The molecule has 290 valence electrons. The zero-order valence-corrected chi connectivity index (χ0v) is 33.8. The molecule has 1 aliphatic heterocycles. The van der Waals surface area contributed by atoms with E-state index < -0.39 is 15.8 Å². The van der Waals surface area contributed by atoms with Crippen LogP contribution >= 0.6 is 23.4 Å². The highest BCUT2D eigenvalue weighted by Gasteiger charge is 2.22. The first-order chi connectivity index (χ1) is 27.1. The van der Waals surface area contributed by atoms with Crippen molar-refractivity contribution in [2.24, 2.45) is 0 Å². The minimum absolute atomic E-state index is 0.0397. The molecule has 0 bridgehead atoms. The highest BCUT2D eigenvalue weighted by Crippen LogP contribution is 2.30. The van der Waals surface area contributed by atoms with Gasteiger partial charge >= 0.3 is 0 Å². The van der Waals surface area contributed by atoms with Crippen LogP contribution in [-0.4, -0.2) is 86.8 Å². The summed E-state index contributed by atoms with van der Waals surface area (Å²) in [6.07, 6.45) is 2.13. The lowest BCUT2D eigenvalue weighted by atomic mass is 9.99. The summed E-state index contributed by atoms with van der Waals surface area (Å²) in [7, 11) is -0.161. The minimum Gasteiger partial charge on any atom is -0.379 e. The molecule has 1 atom stereocenters. The van der Waals surface area contributed by atoms with Crippen molar-refractivity contribution in [1.29, 1.82) is 0 Å². The molecule has 1 fully saturated rings. The Kier molecular flexibility index (Phi) is 12.7. The van der Waals surface area contributed by atoms with E-state index in [9.17, 15) is 8.42 Å². The third kappa shape index (κ3) is 9.98. The molecule has 2 N–H and O–H groups in total. The minimum atomic E-state index is -4.17. The van der Waals surface area contributed by atoms with E-state index in [1.165, 1.54) is 29.6 Å². The number of rotatable bonds is 15. The van der Waals surface area contributed by atoms with Gasteiger partial charge in [-0.3, -0.25) is 9.62 Å². The van der Waals surface area contributed by atoms with E-state index in [0.717, 1.165) is 78.7 Å². The standard InChI is InChI=1S/C43H45ClFN7O2S2/c1-50(2)21-20-34(29-55-36-9-4-3-5-10-36)48-41-19-17-37(27-40(41)45)56(53,54)49-43-39-18-16-35(26-42(39)46-30-47-43)52-24-22-51(23-25-52)28-32-8-6-7-11-38(32)31-12-14-33(44)15-13-31/h3-19,26-27,30,34,48H,20-25,28-29H2,1-2H3,(H,46,47,49). The van der Waals surface area contributed by atoms with Gasteiger partial charge in [0.2, 0.25) is 0 Å². The normalized spacial score (nSPS) is 14.3. The van der Waals surface area contributed by atoms with Crippen LogP contribution < -0.4 is 14.9 Å². The van der Waals surface area contributed by atoms with Crippen molar-refractivity contribution in [2.75, 3.05) is 67.5 Å². The van der Waals surface area contributed by atoms with E-state index in [2.05, 4.69) is 83.2 Å². The van der Waals surface area contributed by atoms with Crippen molar-refractivity contribution in [1.82, 2.24) is 19.8 Å². The summed E-state index contributed by atoms with van der Waals surface area (Å²) in [6, 6.07) is 36.2. The predicted molar refractivity (Wildman–Crippen MR) is 229 cm³/mol. The lowest BCUT2D eigenvalue weighted by Gasteiger charge is -2.36. The van der Waals surface area contributed by atoms with Crippen LogP contribution in [0.1, 0.15) is 12.0 Å². The van der Waals surface area contributed by atoms with Gasteiger partial charge in [-0.25, -0.2) is 22.8 Å². The SMILES string of the molecule is CN(C)CCC(CSc1ccccc1)Nc1ccc(S(=O)(=O)Nc2ncnc3cc(N4CCN(Cc5ccccc5-c5ccc(Cl)cc5)CC4)ccc23)cc1F. The fourth-order valence-electron chi connectivity index (χ4n) is 6.81. The number of aromatic nitrogens is 2. The van der Waals surface area contributed by atoms with Gasteiger partial charge in [-0.1, -0.05) is 66.2 Å². The Labute approximate surface area is 338 Å². The van der Waals surface area contributed by atoms with Crippen LogP contribution in [0.4, 0.5) is 21.6 Å². The molecule has 9 nitrogen and oxygen atoms in total. The quantitative estimate of drug-likeness (QED) is 0.0989. The average Bonchev–Trinajstić information content (AvgIpc) is 3.20. The first-order valence-corrected chi connectivity index (χ1v) is 21.4. The van der Waals surface area contributed by atoms with Gasteiger partial charge in [0.15, 0.2) is 5.82 Å². The molecule has 1 saturated heterocycles. The third-order valence-corrected chi connectivity index (χ3v) is 12.6. The van der Waals surface area contributed by atoms with Crippen molar-refractivity contribution < 1.29 is 12.8 Å². The molecule has 0 radical (unpaired) electrons. The van der Waals surface area contributed by atoms with Crippen LogP contribution in [0.25, 0.3) is 22.0 Å². The van der Waals surface area contributed by atoms with Gasteiger partial charge in [0.1, 0.15) is 12.1 Å². The van der Waals surface area contributed by atoms with E-state index in [1.807, 2.05) is 62.6 Å². The first-order valence-electron chi connectivity index (χ1n) is 18.6. The number of halogens is 2. The second-order valence-corrected chi connectivity index (χ2v) is 17.4. The number of sulfonamides is 1.